The number of nitrogens with zero attached hydrogens (tertiary/aromatic N) is 2. The van der Waals surface area contributed by atoms with Crippen molar-refractivity contribution in [1.29, 1.82) is 0 Å². The smallest absolute Gasteiger partial charge is 0.170 e. The molecular formula is C28H27ClN4OS. The molecule has 0 bridgehead atoms. The number of hydrogen-bond donors (Lipinski definition) is 2. The van der Waals surface area contributed by atoms with Crippen molar-refractivity contribution in [2.24, 2.45) is 0 Å². The molecule has 1 saturated heterocycles. The first-order chi connectivity index (χ1) is 17.1. The van der Waals surface area contributed by atoms with Crippen LogP contribution in [0, 0.1) is 6.92 Å². The Bertz CT molecular complexity index is 1290. The van der Waals surface area contributed by atoms with Crippen LogP contribution in [0.4, 0.5) is 5.69 Å². The summed E-state index contributed by atoms with van der Waals surface area (Å²) in [7, 11) is 0. The average molecular weight is 503 g/mol. The van der Waals surface area contributed by atoms with Crippen LogP contribution >= 0.6 is 23.8 Å². The summed E-state index contributed by atoms with van der Waals surface area (Å²) in [6, 6.07) is 26.0. The maximum atomic E-state index is 6.41. The summed E-state index contributed by atoms with van der Waals surface area (Å²) >= 11 is 12.1. The van der Waals surface area contributed by atoms with E-state index in [1.54, 1.807) is 0 Å². The van der Waals surface area contributed by atoms with E-state index in [-0.39, 0.29) is 12.1 Å². The molecule has 2 atom stereocenters. The number of anilines is 1. The van der Waals surface area contributed by atoms with Gasteiger partial charge in [0.15, 0.2) is 5.11 Å². The van der Waals surface area contributed by atoms with E-state index in [2.05, 4.69) is 32.7 Å². The zero-order chi connectivity index (χ0) is 24.2. The second-order valence-corrected chi connectivity index (χ2v) is 9.43. The first kappa shape index (κ1) is 23.4. The van der Waals surface area contributed by atoms with E-state index in [9.17, 15) is 0 Å². The van der Waals surface area contributed by atoms with E-state index in [0.29, 0.717) is 5.11 Å². The van der Waals surface area contributed by atoms with Crippen LogP contribution in [0.2, 0.25) is 5.02 Å². The van der Waals surface area contributed by atoms with Gasteiger partial charge in [0.05, 0.1) is 11.7 Å². The molecule has 1 fully saturated rings. The van der Waals surface area contributed by atoms with Crippen LogP contribution in [0.1, 0.15) is 35.5 Å². The van der Waals surface area contributed by atoms with Crippen molar-refractivity contribution in [1.82, 2.24) is 15.2 Å². The number of para-hydroxylation sites is 1. The molecule has 4 aromatic rings. The zero-order valence-corrected chi connectivity index (χ0v) is 21.0. The molecule has 0 spiro atoms. The van der Waals surface area contributed by atoms with Gasteiger partial charge < -0.3 is 20.0 Å². The van der Waals surface area contributed by atoms with E-state index in [0.717, 1.165) is 58.6 Å². The molecule has 178 valence electrons. The van der Waals surface area contributed by atoms with Gasteiger partial charge in [-0.05, 0) is 73.6 Å². The Morgan fingerprint density at radius 3 is 2.66 bits per heavy atom. The molecule has 7 heteroatoms. The third-order valence-electron chi connectivity index (χ3n) is 6.25. The number of benzene rings is 2. The monoisotopic (exact) mass is 502 g/mol. The minimum atomic E-state index is -0.108. The molecule has 0 aliphatic carbocycles. The topological polar surface area (TPSA) is 53.3 Å². The molecule has 2 aromatic heterocycles. The number of furan rings is 1. The minimum Gasteiger partial charge on any atom is -0.459 e. The van der Waals surface area contributed by atoms with Crippen molar-refractivity contribution >= 4 is 34.6 Å². The quantitative estimate of drug-likeness (QED) is 0.204. The lowest BCUT2D eigenvalue weighted by Crippen LogP contribution is -2.31. The third-order valence-corrected chi connectivity index (χ3v) is 7.01. The van der Waals surface area contributed by atoms with E-state index >= 15 is 0 Å². The number of aryl methyl sites for hydroxylation is 1. The van der Waals surface area contributed by atoms with Gasteiger partial charge in [-0.2, -0.15) is 0 Å². The van der Waals surface area contributed by atoms with Crippen molar-refractivity contribution < 1.29 is 4.42 Å². The molecule has 0 amide bonds. The van der Waals surface area contributed by atoms with E-state index in [1.165, 1.54) is 0 Å². The molecule has 1 aliphatic heterocycles. The molecule has 2 N–H and O–H groups in total. The number of aromatic nitrogens is 1. The second kappa shape index (κ2) is 10.5. The van der Waals surface area contributed by atoms with Crippen LogP contribution in [0.5, 0.6) is 0 Å². The Morgan fingerprint density at radius 2 is 1.89 bits per heavy atom. The molecule has 5 nitrogen and oxygen atoms in total. The average Bonchev–Trinajstić information content (AvgIpc) is 3.49. The predicted octanol–water partition coefficient (Wildman–Crippen LogP) is 6.78. The predicted molar refractivity (Wildman–Crippen MR) is 146 cm³/mol. The summed E-state index contributed by atoms with van der Waals surface area (Å²) in [5, 5.41) is 8.40. The molecule has 0 radical (unpaired) electrons. The maximum absolute atomic E-state index is 6.41. The largest absolute Gasteiger partial charge is 0.459 e. The van der Waals surface area contributed by atoms with Gasteiger partial charge in [0.2, 0.25) is 0 Å². The first-order valence-electron chi connectivity index (χ1n) is 11.7. The summed E-state index contributed by atoms with van der Waals surface area (Å²) in [5.41, 5.74) is 4.04. The third kappa shape index (κ3) is 5.19. The maximum Gasteiger partial charge on any atom is 0.170 e. The van der Waals surface area contributed by atoms with E-state index < -0.39 is 0 Å². The fourth-order valence-electron chi connectivity index (χ4n) is 4.41. The minimum absolute atomic E-state index is 0.105. The zero-order valence-electron chi connectivity index (χ0n) is 19.4. The van der Waals surface area contributed by atoms with Gasteiger partial charge in [0.1, 0.15) is 17.6 Å². The Labute approximate surface area is 216 Å². The summed E-state index contributed by atoms with van der Waals surface area (Å²) in [5.74, 6) is 1.63. The number of halogens is 1. The van der Waals surface area contributed by atoms with Crippen LogP contribution in [-0.4, -0.2) is 28.1 Å². The van der Waals surface area contributed by atoms with Crippen molar-refractivity contribution in [3.63, 3.8) is 0 Å². The lowest BCUT2D eigenvalue weighted by molar-refractivity contribution is 0.274. The lowest BCUT2D eigenvalue weighted by atomic mass is 10.0. The fraction of sp³-hybridized carbons (Fsp3) is 0.214. The molecular weight excluding hydrogens is 476 g/mol. The highest BCUT2D eigenvalue weighted by Crippen LogP contribution is 2.40. The van der Waals surface area contributed by atoms with E-state index in [4.69, 9.17) is 28.2 Å². The number of pyridine rings is 1. The Hall–Kier alpha value is -3.35. The fourth-order valence-corrected chi connectivity index (χ4v) is 4.92. The second-order valence-electron chi connectivity index (χ2n) is 8.63. The van der Waals surface area contributed by atoms with Gasteiger partial charge in [-0.15, -0.1) is 0 Å². The van der Waals surface area contributed by atoms with Crippen molar-refractivity contribution in [2.45, 2.75) is 25.4 Å². The highest BCUT2D eigenvalue weighted by molar-refractivity contribution is 7.80. The molecule has 3 heterocycles. The normalized spacial score (nSPS) is 17.4. The summed E-state index contributed by atoms with van der Waals surface area (Å²) in [4.78, 5) is 6.82. The van der Waals surface area contributed by atoms with Crippen molar-refractivity contribution in [3.05, 3.63) is 107 Å². The molecule has 5 rings (SSSR count). The summed E-state index contributed by atoms with van der Waals surface area (Å²) in [6.07, 6.45) is 2.73. The molecule has 0 unspecified atom stereocenters. The van der Waals surface area contributed by atoms with Gasteiger partial charge >= 0.3 is 0 Å². The van der Waals surface area contributed by atoms with Gasteiger partial charge in [0, 0.05) is 35.6 Å². The molecule has 1 aliphatic rings. The van der Waals surface area contributed by atoms with Gasteiger partial charge in [0.25, 0.3) is 0 Å². The number of nitrogens with one attached hydrogen (secondary N) is 2. The lowest BCUT2D eigenvalue weighted by Gasteiger charge is -2.26. The number of thiocarbonyl (C=S) groups is 1. The summed E-state index contributed by atoms with van der Waals surface area (Å²) in [6.45, 7) is 3.62. The van der Waals surface area contributed by atoms with Gasteiger partial charge in [-0.3, -0.25) is 4.98 Å². The highest BCUT2D eigenvalue weighted by atomic mass is 35.5. The Kier molecular flexibility index (Phi) is 7.02. The van der Waals surface area contributed by atoms with Crippen LogP contribution in [0.3, 0.4) is 0 Å². The van der Waals surface area contributed by atoms with Crippen molar-refractivity contribution in [2.75, 3.05) is 18.4 Å². The standard InChI is InChI=1S/C28H27ClN4OS/c1-19-11-12-20(18-22(19)29)24-13-14-25(34-24)27-26(23-10-5-6-15-31-23)32-28(35)33(27)17-7-16-30-21-8-3-2-4-9-21/h2-6,8-15,18,26-27,30H,7,16-17H2,1H3,(H,32,35)/t26-,27+/m0/s1. The van der Waals surface area contributed by atoms with Crippen LogP contribution in [-0.2, 0) is 0 Å². The van der Waals surface area contributed by atoms with E-state index in [1.807, 2.05) is 79.9 Å². The van der Waals surface area contributed by atoms with Crippen molar-refractivity contribution in [3.8, 4) is 11.3 Å². The molecule has 2 aromatic carbocycles. The Morgan fingerprint density at radius 1 is 1.06 bits per heavy atom. The Balaban J connectivity index is 1.39. The van der Waals surface area contributed by atoms with Gasteiger partial charge in [-0.1, -0.05) is 48.0 Å². The van der Waals surface area contributed by atoms with Gasteiger partial charge in [-0.25, -0.2) is 0 Å². The SMILES string of the molecule is Cc1ccc(-c2ccc([C@@H]3[C@H](c4ccccn4)NC(=S)N3CCCNc3ccccc3)o2)cc1Cl. The molecule has 0 saturated carbocycles. The highest BCUT2D eigenvalue weighted by Gasteiger charge is 2.41. The van der Waals surface area contributed by atoms with Crippen LogP contribution in [0.25, 0.3) is 11.3 Å². The molecule has 35 heavy (non-hydrogen) atoms. The number of hydrogen-bond acceptors (Lipinski definition) is 4. The summed E-state index contributed by atoms with van der Waals surface area (Å²) < 4.78 is 6.41. The first-order valence-corrected chi connectivity index (χ1v) is 12.5. The van der Waals surface area contributed by atoms with Crippen LogP contribution < -0.4 is 10.6 Å². The number of rotatable bonds is 8. The van der Waals surface area contributed by atoms with Crippen LogP contribution in [0.15, 0.2) is 89.5 Å².